The maximum atomic E-state index is 11.8. The molecule has 0 aliphatic rings. The molecule has 0 radical (unpaired) electrons. The van der Waals surface area contributed by atoms with E-state index in [0.29, 0.717) is 5.69 Å². The van der Waals surface area contributed by atoms with Gasteiger partial charge >= 0.3 is 0 Å². The molecule has 0 saturated heterocycles. The van der Waals surface area contributed by atoms with E-state index in [4.69, 9.17) is 4.84 Å². The van der Waals surface area contributed by atoms with Crippen LogP contribution in [0.15, 0.2) is 6.07 Å². The summed E-state index contributed by atoms with van der Waals surface area (Å²) in [5.41, 5.74) is 1.23. The van der Waals surface area contributed by atoms with E-state index in [1.54, 1.807) is 13.1 Å². The third kappa shape index (κ3) is 2.41. The van der Waals surface area contributed by atoms with Crippen LogP contribution in [-0.2, 0) is 10.4 Å². The van der Waals surface area contributed by atoms with E-state index in [1.165, 1.54) is 7.11 Å². The Balaban J connectivity index is 3.06. The highest BCUT2D eigenvalue weighted by atomic mass is 16.7. The molecule has 0 unspecified atom stereocenters. The molecule has 1 aromatic heterocycles. The summed E-state index contributed by atoms with van der Waals surface area (Å²) >= 11 is 0. The topological polar surface area (TPSA) is 47.4 Å². The van der Waals surface area contributed by atoms with Crippen molar-refractivity contribution in [2.24, 2.45) is 0 Å². The van der Waals surface area contributed by atoms with Crippen molar-refractivity contribution in [3.05, 3.63) is 17.5 Å². The maximum absolute atomic E-state index is 11.8. The Morgan fingerprint density at radius 1 is 1.50 bits per heavy atom. The molecule has 5 nitrogen and oxygen atoms in total. The molecule has 90 valence electrons. The van der Waals surface area contributed by atoms with Crippen LogP contribution in [0.3, 0.4) is 0 Å². The molecular formula is C11H19N3O2. The number of aromatic nitrogens is 2. The minimum Gasteiger partial charge on any atom is -0.274 e. The van der Waals surface area contributed by atoms with Gasteiger partial charge in [-0.15, -0.1) is 0 Å². The molecule has 0 aliphatic carbocycles. The fraction of sp³-hybridized carbons (Fsp3) is 0.636. The van der Waals surface area contributed by atoms with Gasteiger partial charge in [0.25, 0.3) is 5.91 Å². The third-order valence-corrected chi connectivity index (χ3v) is 2.30. The van der Waals surface area contributed by atoms with Gasteiger partial charge in [0.1, 0.15) is 0 Å². The molecule has 0 aromatic carbocycles. The third-order valence-electron chi connectivity index (χ3n) is 2.30. The largest absolute Gasteiger partial charge is 0.297 e. The molecule has 0 N–H and O–H groups in total. The van der Waals surface area contributed by atoms with Gasteiger partial charge in [0.2, 0.25) is 0 Å². The van der Waals surface area contributed by atoms with Crippen molar-refractivity contribution in [2.75, 3.05) is 14.2 Å². The number of carbonyl (C=O) groups is 1. The molecule has 0 spiro atoms. The van der Waals surface area contributed by atoms with Gasteiger partial charge in [-0.2, -0.15) is 5.10 Å². The standard InChI is InChI=1S/C11H19N3O2/c1-8-7-9(10(15)13(5)16-6)12-14(8)11(2,3)4/h7H,1-6H3. The van der Waals surface area contributed by atoms with Crippen LogP contribution in [0, 0.1) is 6.92 Å². The SMILES string of the molecule is CON(C)C(=O)c1cc(C)n(C(C)(C)C)n1. The normalized spacial score (nSPS) is 11.6. The number of hydrogen-bond acceptors (Lipinski definition) is 3. The molecule has 0 saturated carbocycles. The number of rotatable bonds is 2. The van der Waals surface area contributed by atoms with E-state index >= 15 is 0 Å². The van der Waals surface area contributed by atoms with Gasteiger partial charge in [-0.25, -0.2) is 5.06 Å². The van der Waals surface area contributed by atoms with Crippen molar-refractivity contribution in [3.8, 4) is 0 Å². The van der Waals surface area contributed by atoms with Crippen LogP contribution in [0.5, 0.6) is 0 Å². The lowest BCUT2D eigenvalue weighted by molar-refractivity contribution is -0.0761. The summed E-state index contributed by atoms with van der Waals surface area (Å²) in [5, 5.41) is 5.46. The van der Waals surface area contributed by atoms with E-state index in [1.807, 2.05) is 32.4 Å². The molecule has 0 bridgehead atoms. The number of aryl methyl sites for hydroxylation is 1. The van der Waals surface area contributed by atoms with Crippen molar-refractivity contribution >= 4 is 5.91 Å². The predicted molar refractivity (Wildman–Crippen MR) is 61.1 cm³/mol. The molecule has 0 fully saturated rings. The van der Waals surface area contributed by atoms with E-state index in [9.17, 15) is 4.79 Å². The minimum atomic E-state index is -0.242. The van der Waals surface area contributed by atoms with Crippen LogP contribution in [0.25, 0.3) is 0 Å². The van der Waals surface area contributed by atoms with Gasteiger partial charge in [-0.05, 0) is 33.8 Å². The Morgan fingerprint density at radius 2 is 2.06 bits per heavy atom. The van der Waals surface area contributed by atoms with Gasteiger partial charge in [-0.1, -0.05) is 0 Å². The smallest absolute Gasteiger partial charge is 0.274 e. The second kappa shape index (κ2) is 4.25. The number of hydroxylamine groups is 2. The Labute approximate surface area is 95.9 Å². The van der Waals surface area contributed by atoms with Crippen LogP contribution in [-0.4, -0.2) is 34.9 Å². The first-order valence-electron chi connectivity index (χ1n) is 5.16. The first-order valence-corrected chi connectivity index (χ1v) is 5.16. The number of nitrogens with zero attached hydrogens (tertiary/aromatic N) is 3. The Hall–Kier alpha value is -1.36. The zero-order valence-corrected chi connectivity index (χ0v) is 10.7. The van der Waals surface area contributed by atoms with Crippen molar-refractivity contribution in [3.63, 3.8) is 0 Å². The molecule has 0 aliphatic heterocycles. The van der Waals surface area contributed by atoms with Crippen LogP contribution in [0.4, 0.5) is 0 Å². The molecule has 1 heterocycles. The van der Waals surface area contributed by atoms with Crippen molar-refractivity contribution < 1.29 is 9.63 Å². The van der Waals surface area contributed by atoms with Gasteiger partial charge in [-0.3, -0.25) is 14.3 Å². The lowest BCUT2D eigenvalue weighted by Crippen LogP contribution is -2.28. The number of amides is 1. The lowest BCUT2D eigenvalue weighted by Gasteiger charge is -2.21. The van der Waals surface area contributed by atoms with E-state index in [0.717, 1.165) is 10.8 Å². The summed E-state index contributed by atoms with van der Waals surface area (Å²) in [6, 6.07) is 1.77. The predicted octanol–water partition coefficient (Wildman–Crippen LogP) is 1.58. The molecule has 1 rings (SSSR count). The molecule has 5 heteroatoms. The van der Waals surface area contributed by atoms with Gasteiger partial charge in [0.15, 0.2) is 5.69 Å². The average molecular weight is 225 g/mol. The van der Waals surface area contributed by atoms with Crippen LogP contribution in [0.1, 0.15) is 37.0 Å². The van der Waals surface area contributed by atoms with Crippen LogP contribution in [0.2, 0.25) is 0 Å². The molecule has 1 aromatic rings. The van der Waals surface area contributed by atoms with E-state index < -0.39 is 0 Å². The fourth-order valence-electron chi connectivity index (χ4n) is 1.50. The van der Waals surface area contributed by atoms with Crippen molar-refractivity contribution in [2.45, 2.75) is 33.2 Å². The molecule has 1 amide bonds. The van der Waals surface area contributed by atoms with Gasteiger partial charge in [0, 0.05) is 12.7 Å². The summed E-state index contributed by atoms with van der Waals surface area (Å²) in [6.07, 6.45) is 0. The zero-order chi connectivity index (χ0) is 12.5. The Morgan fingerprint density at radius 3 is 2.44 bits per heavy atom. The van der Waals surface area contributed by atoms with Crippen LogP contribution < -0.4 is 0 Å². The fourth-order valence-corrected chi connectivity index (χ4v) is 1.50. The Kier molecular flexibility index (Phi) is 3.38. The lowest BCUT2D eigenvalue weighted by atomic mass is 10.1. The van der Waals surface area contributed by atoms with Gasteiger partial charge < -0.3 is 0 Å². The first-order chi connectivity index (χ1) is 7.27. The Bertz CT molecular complexity index is 390. The summed E-state index contributed by atoms with van der Waals surface area (Å²) in [6.45, 7) is 8.06. The number of hydrogen-bond donors (Lipinski definition) is 0. The van der Waals surface area contributed by atoms with E-state index in [2.05, 4.69) is 5.10 Å². The summed E-state index contributed by atoms with van der Waals surface area (Å²) in [5.74, 6) is -0.242. The average Bonchev–Trinajstić information content (AvgIpc) is 2.57. The highest BCUT2D eigenvalue weighted by molar-refractivity contribution is 5.91. The second-order valence-corrected chi connectivity index (χ2v) is 4.74. The monoisotopic (exact) mass is 225 g/mol. The quantitative estimate of drug-likeness (QED) is 0.718. The summed E-state index contributed by atoms with van der Waals surface area (Å²) < 4.78 is 1.84. The highest BCUT2D eigenvalue weighted by Crippen LogP contribution is 2.17. The first kappa shape index (κ1) is 12.7. The second-order valence-electron chi connectivity index (χ2n) is 4.74. The van der Waals surface area contributed by atoms with Gasteiger partial charge in [0.05, 0.1) is 12.6 Å². The highest BCUT2D eigenvalue weighted by Gasteiger charge is 2.21. The zero-order valence-electron chi connectivity index (χ0n) is 10.7. The maximum Gasteiger partial charge on any atom is 0.297 e. The summed E-state index contributed by atoms with van der Waals surface area (Å²) in [4.78, 5) is 16.6. The molecule has 0 atom stereocenters. The molecular weight excluding hydrogens is 206 g/mol. The van der Waals surface area contributed by atoms with Crippen molar-refractivity contribution in [1.82, 2.24) is 14.8 Å². The molecule has 16 heavy (non-hydrogen) atoms. The van der Waals surface area contributed by atoms with Crippen LogP contribution >= 0.6 is 0 Å². The van der Waals surface area contributed by atoms with Crippen molar-refractivity contribution in [1.29, 1.82) is 0 Å². The summed E-state index contributed by atoms with van der Waals surface area (Å²) in [7, 11) is 3.01. The van der Waals surface area contributed by atoms with E-state index in [-0.39, 0.29) is 11.4 Å². The minimum absolute atomic E-state index is 0.131. The number of carbonyl (C=O) groups excluding carboxylic acids is 1.